The van der Waals surface area contributed by atoms with E-state index < -0.39 is 18.4 Å². The number of aryl methyl sites for hydroxylation is 1. The highest BCUT2D eigenvalue weighted by molar-refractivity contribution is 5.98. The Bertz CT molecular complexity index is 496. The zero-order chi connectivity index (χ0) is 13.1. The van der Waals surface area contributed by atoms with E-state index in [0.29, 0.717) is 0 Å². The van der Waals surface area contributed by atoms with E-state index in [1.165, 1.54) is 0 Å². The summed E-state index contributed by atoms with van der Waals surface area (Å²) in [6.45, 7) is -0.449. The number of aliphatic carboxylic acids is 1. The van der Waals surface area contributed by atoms with Gasteiger partial charge in [-0.1, -0.05) is 6.07 Å². The van der Waals surface area contributed by atoms with E-state index in [9.17, 15) is 14.7 Å². The maximum atomic E-state index is 11.7. The van der Waals surface area contributed by atoms with Crippen LogP contribution in [0.2, 0.25) is 0 Å². The van der Waals surface area contributed by atoms with Gasteiger partial charge in [0.25, 0.3) is 5.91 Å². The first-order valence-corrected chi connectivity index (χ1v) is 5.93. The van der Waals surface area contributed by atoms with E-state index in [1.54, 1.807) is 6.07 Å². The summed E-state index contributed by atoms with van der Waals surface area (Å²) in [6, 6.07) is 3.39. The van der Waals surface area contributed by atoms with Crippen molar-refractivity contribution in [3.8, 4) is 5.75 Å². The SMILES string of the molecule is O=C(O)CNC(=O)c1ccc2c(c1O)CCCC2. The van der Waals surface area contributed by atoms with Crippen molar-refractivity contribution in [1.29, 1.82) is 0 Å². The molecule has 96 valence electrons. The molecule has 0 unspecified atom stereocenters. The van der Waals surface area contributed by atoms with Gasteiger partial charge in [-0.15, -0.1) is 0 Å². The topological polar surface area (TPSA) is 86.6 Å². The largest absolute Gasteiger partial charge is 0.507 e. The molecule has 0 atom stereocenters. The highest BCUT2D eigenvalue weighted by Gasteiger charge is 2.19. The van der Waals surface area contributed by atoms with Crippen LogP contribution in [0.15, 0.2) is 12.1 Å². The molecule has 5 nitrogen and oxygen atoms in total. The number of nitrogens with one attached hydrogen (secondary N) is 1. The molecule has 0 radical (unpaired) electrons. The number of phenols is 1. The van der Waals surface area contributed by atoms with Crippen LogP contribution >= 0.6 is 0 Å². The summed E-state index contributed by atoms with van der Waals surface area (Å²) in [5.41, 5.74) is 2.05. The van der Waals surface area contributed by atoms with E-state index >= 15 is 0 Å². The molecule has 5 heteroatoms. The third-order valence-electron chi connectivity index (χ3n) is 3.15. The number of rotatable bonds is 3. The Hall–Kier alpha value is -2.04. The van der Waals surface area contributed by atoms with Gasteiger partial charge in [-0.3, -0.25) is 9.59 Å². The molecule has 3 N–H and O–H groups in total. The lowest BCUT2D eigenvalue weighted by atomic mass is 9.89. The maximum Gasteiger partial charge on any atom is 0.322 e. The first kappa shape index (κ1) is 12.4. The molecular formula is C13H15NO4. The van der Waals surface area contributed by atoms with Gasteiger partial charge in [0, 0.05) is 0 Å². The minimum absolute atomic E-state index is 0.00455. The Kier molecular flexibility index (Phi) is 3.50. The molecule has 0 fully saturated rings. The molecule has 18 heavy (non-hydrogen) atoms. The van der Waals surface area contributed by atoms with Crippen molar-refractivity contribution in [1.82, 2.24) is 5.32 Å². The van der Waals surface area contributed by atoms with Crippen LogP contribution in [0, 0.1) is 0 Å². The fraction of sp³-hybridized carbons (Fsp3) is 0.385. The van der Waals surface area contributed by atoms with Crippen molar-refractivity contribution in [2.45, 2.75) is 25.7 Å². The van der Waals surface area contributed by atoms with Gasteiger partial charge in [-0.2, -0.15) is 0 Å². The lowest BCUT2D eigenvalue weighted by Crippen LogP contribution is -2.29. The van der Waals surface area contributed by atoms with Gasteiger partial charge in [0.05, 0.1) is 5.56 Å². The highest BCUT2D eigenvalue weighted by Crippen LogP contribution is 2.31. The van der Waals surface area contributed by atoms with Crippen molar-refractivity contribution in [2.75, 3.05) is 6.54 Å². The summed E-state index contributed by atoms with van der Waals surface area (Å²) in [7, 11) is 0. The Morgan fingerprint density at radius 2 is 1.94 bits per heavy atom. The van der Waals surface area contributed by atoms with Crippen molar-refractivity contribution in [2.24, 2.45) is 0 Å². The number of aromatic hydroxyl groups is 1. The predicted molar refractivity (Wildman–Crippen MR) is 64.7 cm³/mol. The lowest BCUT2D eigenvalue weighted by Gasteiger charge is -2.18. The Balaban J connectivity index is 2.23. The zero-order valence-corrected chi connectivity index (χ0v) is 9.90. The summed E-state index contributed by atoms with van der Waals surface area (Å²) in [6.07, 6.45) is 3.78. The fourth-order valence-corrected chi connectivity index (χ4v) is 2.24. The van der Waals surface area contributed by atoms with Gasteiger partial charge in [0.15, 0.2) is 0 Å². The number of carbonyl (C=O) groups is 2. The van der Waals surface area contributed by atoms with E-state index in [1.807, 2.05) is 6.07 Å². The van der Waals surface area contributed by atoms with E-state index in [0.717, 1.165) is 36.8 Å². The molecule has 0 bridgehead atoms. The molecule has 1 aromatic carbocycles. The number of benzene rings is 1. The summed E-state index contributed by atoms with van der Waals surface area (Å²) in [5.74, 6) is -1.67. The summed E-state index contributed by atoms with van der Waals surface area (Å²) < 4.78 is 0. The van der Waals surface area contributed by atoms with E-state index in [4.69, 9.17) is 5.11 Å². The number of carbonyl (C=O) groups excluding carboxylic acids is 1. The van der Waals surface area contributed by atoms with Crippen LogP contribution in [0.25, 0.3) is 0 Å². The Labute approximate surface area is 104 Å². The average Bonchev–Trinajstić information content (AvgIpc) is 2.37. The molecule has 2 rings (SSSR count). The highest BCUT2D eigenvalue weighted by atomic mass is 16.4. The fourth-order valence-electron chi connectivity index (χ4n) is 2.24. The van der Waals surface area contributed by atoms with E-state index in [2.05, 4.69) is 5.32 Å². The van der Waals surface area contributed by atoms with Crippen molar-refractivity contribution in [3.63, 3.8) is 0 Å². The molecule has 1 aliphatic carbocycles. The third-order valence-corrected chi connectivity index (χ3v) is 3.15. The van der Waals surface area contributed by atoms with Gasteiger partial charge in [-0.25, -0.2) is 0 Å². The molecule has 1 amide bonds. The first-order valence-electron chi connectivity index (χ1n) is 5.93. The molecule has 0 spiro atoms. The second-order valence-electron chi connectivity index (χ2n) is 4.38. The average molecular weight is 249 g/mol. The van der Waals surface area contributed by atoms with Gasteiger partial charge < -0.3 is 15.5 Å². The number of carboxylic acids is 1. The molecule has 1 aliphatic rings. The second-order valence-corrected chi connectivity index (χ2v) is 4.38. The molecular weight excluding hydrogens is 234 g/mol. The molecule has 0 heterocycles. The second kappa shape index (κ2) is 5.08. The van der Waals surface area contributed by atoms with Crippen LogP contribution in [-0.4, -0.2) is 28.6 Å². The van der Waals surface area contributed by atoms with Crippen LogP contribution in [0.4, 0.5) is 0 Å². The van der Waals surface area contributed by atoms with Crippen molar-refractivity contribution >= 4 is 11.9 Å². The standard InChI is InChI=1S/C13H15NO4/c15-11(16)7-14-13(18)10-6-5-8-3-1-2-4-9(8)12(10)17/h5-6,17H,1-4,7H2,(H,14,18)(H,15,16). The minimum Gasteiger partial charge on any atom is -0.507 e. The Morgan fingerprint density at radius 1 is 1.22 bits per heavy atom. The maximum absolute atomic E-state index is 11.7. The van der Waals surface area contributed by atoms with Crippen LogP contribution in [-0.2, 0) is 17.6 Å². The normalized spacial score (nSPS) is 13.8. The predicted octanol–water partition coefficient (Wildman–Crippen LogP) is 1.09. The van der Waals surface area contributed by atoms with Crippen molar-refractivity contribution < 1.29 is 19.8 Å². The first-order chi connectivity index (χ1) is 8.59. The van der Waals surface area contributed by atoms with Crippen LogP contribution in [0.3, 0.4) is 0 Å². The number of hydrogen-bond acceptors (Lipinski definition) is 3. The van der Waals surface area contributed by atoms with Crippen LogP contribution in [0.1, 0.15) is 34.3 Å². The summed E-state index contributed by atoms with van der Waals surface area (Å²) >= 11 is 0. The Morgan fingerprint density at radius 3 is 2.67 bits per heavy atom. The third kappa shape index (κ3) is 2.45. The smallest absolute Gasteiger partial charge is 0.322 e. The molecule has 0 saturated heterocycles. The van der Waals surface area contributed by atoms with Crippen LogP contribution < -0.4 is 5.32 Å². The molecule has 0 saturated carbocycles. The van der Waals surface area contributed by atoms with Gasteiger partial charge in [0.2, 0.25) is 0 Å². The van der Waals surface area contributed by atoms with Gasteiger partial charge in [-0.05, 0) is 42.9 Å². The number of carboxylic acid groups (broad SMARTS) is 1. The lowest BCUT2D eigenvalue weighted by molar-refractivity contribution is -0.135. The zero-order valence-electron chi connectivity index (χ0n) is 9.90. The van der Waals surface area contributed by atoms with Crippen molar-refractivity contribution in [3.05, 3.63) is 28.8 Å². The van der Waals surface area contributed by atoms with Gasteiger partial charge >= 0.3 is 5.97 Å². The van der Waals surface area contributed by atoms with Crippen LogP contribution in [0.5, 0.6) is 5.75 Å². The molecule has 0 aromatic heterocycles. The number of phenolic OH excluding ortho intramolecular Hbond substituents is 1. The quantitative estimate of drug-likeness (QED) is 0.748. The summed E-state index contributed by atoms with van der Waals surface area (Å²) in [4.78, 5) is 22.1. The van der Waals surface area contributed by atoms with E-state index in [-0.39, 0.29) is 11.3 Å². The minimum atomic E-state index is -1.11. The molecule has 1 aromatic rings. The molecule has 0 aliphatic heterocycles. The monoisotopic (exact) mass is 249 g/mol. The summed E-state index contributed by atoms with van der Waals surface area (Å²) in [5, 5.41) is 20.8. The number of amides is 1. The number of fused-ring (bicyclic) bond motifs is 1. The number of hydrogen-bond donors (Lipinski definition) is 3. The van der Waals surface area contributed by atoms with Gasteiger partial charge in [0.1, 0.15) is 12.3 Å².